The molecule has 0 amide bonds. The number of pyridine rings is 1. The van der Waals surface area contributed by atoms with Gasteiger partial charge in [0.25, 0.3) is 0 Å². The van der Waals surface area contributed by atoms with Crippen LogP contribution in [-0.4, -0.2) is 63.8 Å². The maximum atomic E-state index is 5.64. The summed E-state index contributed by atoms with van der Waals surface area (Å²) in [6, 6.07) is 4.28. The lowest BCUT2D eigenvalue weighted by atomic mass is 10.4. The molecule has 2 heterocycles. The molecule has 18 heavy (non-hydrogen) atoms. The van der Waals surface area contributed by atoms with Gasteiger partial charge in [0.2, 0.25) is 5.65 Å². The van der Waals surface area contributed by atoms with E-state index in [0.717, 1.165) is 0 Å². The summed E-state index contributed by atoms with van der Waals surface area (Å²) in [4.78, 5) is 13.0. The van der Waals surface area contributed by atoms with Crippen LogP contribution in [0.4, 0.5) is 0 Å². The molecule has 2 rings (SSSR count). The van der Waals surface area contributed by atoms with Gasteiger partial charge in [0.15, 0.2) is 0 Å². The van der Waals surface area contributed by atoms with Gasteiger partial charge in [-0.15, -0.1) is 5.10 Å². The first-order chi connectivity index (χ1) is 8.09. The van der Waals surface area contributed by atoms with E-state index in [1.807, 2.05) is 49.8 Å². The van der Waals surface area contributed by atoms with Crippen molar-refractivity contribution in [3.8, 4) is 0 Å². The van der Waals surface area contributed by atoms with Gasteiger partial charge < -0.3 is 17.0 Å². The third-order valence-corrected chi connectivity index (χ3v) is 2.11. The Bertz CT molecular complexity index is 560. The van der Waals surface area contributed by atoms with Crippen molar-refractivity contribution in [1.29, 1.82) is 0 Å². The van der Waals surface area contributed by atoms with E-state index in [2.05, 4.69) is 15.3 Å². The van der Waals surface area contributed by atoms with Gasteiger partial charge in [-0.1, -0.05) is 0 Å². The highest BCUT2D eigenvalue weighted by Gasteiger charge is 2.17. The van der Waals surface area contributed by atoms with Crippen LogP contribution in [0.15, 0.2) is 18.3 Å². The molecule has 7 nitrogen and oxygen atoms in total. The van der Waals surface area contributed by atoms with Crippen molar-refractivity contribution in [2.75, 3.05) is 28.2 Å². The Morgan fingerprint density at radius 2 is 2.11 bits per heavy atom. The van der Waals surface area contributed by atoms with Gasteiger partial charge in [0, 0.05) is 6.20 Å². The fraction of sp³-hybridized carbons (Fsp3) is 0.400. The number of aromatic nitrogens is 4. The first-order valence-electron chi connectivity index (χ1n) is 5.16. The van der Waals surface area contributed by atoms with E-state index in [1.54, 1.807) is 6.20 Å². The Kier molecular flexibility index (Phi) is 4.60. The average Bonchev–Trinajstić information content (AvgIpc) is 2.68. The molecule has 0 radical (unpaired) electrons. The summed E-state index contributed by atoms with van der Waals surface area (Å²) in [5, 5.41) is 7.87. The molecule has 0 fully saturated rings. The third kappa shape index (κ3) is 2.76. The standard InChI is InChI=1S/C10H15N6O.BrH/c1-14(2)10(15(3)4)17-16-9-8(12-13-16)6-5-7-11-9;/h5-7H,1-4H3;1H/q+1;/p-1. The zero-order valence-electron chi connectivity index (χ0n) is 10.7. The van der Waals surface area contributed by atoms with Crippen molar-refractivity contribution >= 4 is 17.2 Å². The second kappa shape index (κ2) is 5.76. The summed E-state index contributed by atoms with van der Waals surface area (Å²) in [5.74, 6) is 0. The quantitative estimate of drug-likeness (QED) is 0.310. The summed E-state index contributed by atoms with van der Waals surface area (Å²) >= 11 is 0. The number of fused-ring (bicyclic) bond motifs is 1. The summed E-state index contributed by atoms with van der Waals surface area (Å²) in [6.45, 7) is 0. The molecule has 98 valence electrons. The number of amidine groups is 1. The highest BCUT2D eigenvalue weighted by atomic mass is 79.9. The lowest BCUT2D eigenvalue weighted by Gasteiger charge is -2.09. The lowest BCUT2D eigenvalue weighted by molar-refractivity contribution is -0.480. The van der Waals surface area contributed by atoms with Crippen LogP contribution < -0.4 is 21.8 Å². The second-order valence-corrected chi connectivity index (χ2v) is 3.97. The highest BCUT2D eigenvalue weighted by molar-refractivity contribution is 5.71. The number of hydrogen-bond donors (Lipinski definition) is 0. The van der Waals surface area contributed by atoms with E-state index in [1.165, 1.54) is 4.85 Å². The molecule has 2 aromatic heterocycles. The minimum absolute atomic E-state index is 0. The van der Waals surface area contributed by atoms with Crippen molar-refractivity contribution in [1.82, 2.24) is 25.0 Å². The predicted octanol–water partition coefficient (Wildman–Crippen LogP) is -3.55. The van der Waals surface area contributed by atoms with E-state index < -0.39 is 0 Å². The highest BCUT2D eigenvalue weighted by Crippen LogP contribution is 2.04. The van der Waals surface area contributed by atoms with Gasteiger partial charge in [-0.3, -0.25) is 4.84 Å². The van der Waals surface area contributed by atoms with Crippen LogP contribution in [0.3, 0.4) is 0 Å². The number of halogens is 1. The van der Waals surface area contributed by atoms with E-state index in [4.69, 9.17) is 4.84 Å². The molecule has 0 saturated carbocycles. The van der Waals surface area contributed by atoms with Gasteiger partial charge in [0.05, 0.1) is 28.2 Å². The Balaban J connectivity index is 0.00000162. The van der Waals surface area contributed by atoms with Crippen LogP contribution in [0.5, 0.6) is 0 Å². The molecule has 0 spiro atoms. The van der Waals surface area contributed by atoms with Crippen molar-refractivity contribution < 1.29 is 26.4 Å². The maximum absolute atomic E-state index is 5.64. The summed E-state index contributed by atoms with van der Waals surface area (Å²) in [7, 11) is 7.56. The molecule has 8 heteroatoms. The third-order valence-electron chi connectivity index (χ3n) is 2.11. The summed E-state index contributed by atoms with van der Waals surface area (Å²) in [6.07, 6.45) is 1.68. The van der Waals surface area contributed by atoms with Crippen LogP contribution >= 0.6 is 0 Å². The molecule has 0 unspecified atom stereocenters. The van der Waals surface area contributed by atoms with Crippen molar-refractivity contribution in [3.63, 3.8) is 0 Å². The summed E-state index contributed by atoms with van der Waals surface area (Å²) in [5.41, 5.74) is 1.29. The summed E-state index contributed by atoms with van der Waals surface area (Å²) < 4.78 is 1.84. The molecule has 0 atom stereocenters. The zero-order chi connectivity index (χ0) is 12.4. The van der Waals surface area contributed by atoms with Gasteiger partial charge in [-0.25, -0.2) is 14.5 Å². The molecule has 0 aromatic carbocycles. The van der Waals surface area contributed by atoms with E-state index in [-0.39, 0.29) is 17.0 Å². The van der Waals surface area contributed by atoms with Crippen LogP contribution in [0.2, 0.25) is 0 Å². The monoisotopic (exact) mass is 314 g/mol. The minimum atomic E-state index is 0. The fourth-order valence-electron chi connectivity index (χ4n) is 1.45. The Labute approximate surface area is 115 Å². The molecule has 0 saturated heterocycles. The van der Waals surface area contributed by atoms with Crippen molar-refractivity contribution in [2.45, 2.75) is 0 Å². The smallest absolute Gasteiger partial charge is 0.472 e. The Morgan fingerprint density at radius 3 is 2.72 bits per heavy atom. The molecule has 0 bridgehead atoms. The average molecular weight is 315 g/mol. The van der Waals surface area contributed by atoms with E-state index >= 15 is 0 Å². The number of nitrogens with zero attached hydrogens (tertiary/aromatic N) is 6. The molecule has 0 aliphatic heterocycles. The molecule has 0 N–H and O–H groups in total. The topological polar surface area (TPSA) is 59.1 Å². The van der Waals surface area contributed by atoms with Gasteiger partial charge in [-0.05, 0) is 22.2 Å². The number of rotatable bonds is 1. The number of hydrogen-bond acceptors (Lipinski definition) is 4. The van der Waals surface area contributed by atoms with Gasteiger partial charge in [-0.2, -0.15) is 0 Å². The molecule has 0 aliphatic rings. The fourth-order valence-corrected chi connectivity index (χ4v) is 1.45. The van der Waals surface area contributed by atoms with Gasteiger partial charge >= 0.3 is 6.02 Å². The first-order valence-corrected chi connectivity index (χ1v) is 5.16. The van der Waals surface area contributed by atoms with Gasteiger partial charge in [0.1, 0.15) is 5.52 Å². The molecule has 0 aliphatic carbocycles. The maximum Gasteiger partial charge on any atom is 0.472 e. The molecular formula is C10H15BrN6O. The zero-order valence-corrected chi connectivity index (χ0v) is 12.3. The van der Waals surface area contributed by atoms with Crippen LogP contribution in [0, 0.1) is 0 Å². The van der Waals surface area contributed by atoms with Crippen LogP contribution in [-0.2, 0) is 0 Å². The normalized spacial score (nSPS) is 9.78. The Hall–Kier alpha value is -1.70. The second-order valence-electron chi connectivity index (χ2n) is 3.97. The van der Waals surface area contributed by atoms with E-state index in [9.17, 15) is 0 Å². The Morgan fingerprint density at radius 1 is 1.39 bits per heavy atom. The molecule has 2 aromatic rings. The van der Waals surface area contributed by atoms with Crippen LogP contribution in [0.25, 0.3) is 11.2 Å². The molecular weight excluding hydrogens is 300 g/mol. The largest absolute Gasteiger partial charge is 1.00 e. The van der Waals surface area contributed by atoms with Crippen molar-refractivity contribution in [3.05, 3.63) is 18.3 Å². The van der Waals surface area contributed by atoms with Crippen molar-refractivity contribution in [2.24, 2.45) is 0 Å². The van der Waals surface area contributed by atoms with Crippen LogP contribution in [0.1, 0.15) is 0 Å². The first kappa shape index (κ1) is 14.4. The lowest BCUT2D eigenvalue weighted by Crippen LogP contribution is -3.00. The minimum Gasteiger partial charge on any atom is -1.00 e. The SMILES string of the molecule is CN(C)C(On1nnc2cccnc21)=[N+](C)C.[Br-]. The van der Waals surface area contributed by atoms with E-state index in [0.29, 0.717) is 17.2 Å². The predicted molar refractivity (Wildman–Crippen MR) is 62.7 cm³/mol.